The fraction of sp³-hybridized carbons (Fsp3) is 0.263. The van der Waals surface area contributed by atoms with Crippen LogP contribution in [0.2, 0.25) is 0 Å². The zero-order valence-electron chi connectivity index (χ0n) is 14.8. The van der Waals surface area contributed by atoms with E-state index in [2.05, 4.69) is 26.0 Å². The first kappa shape index (κ1) is 18.3. The Hall–Kier alpha value is -2.54. The number of rotatable bonds is 5. The summed E-state index contributed by atoms with van der Waals surface area (Å²) in [6.07, 6.45) is 8.03. The Bertz CT molecular complexity index is 1010. The van der Waals surface area contributed by atoms with Crippen molar-refractivity contribution < 1.29 is 9.90 Å². The van der Waals surface area contributed by atoms with E-state index in [0.29, 0.717) is 6.54 Å². The second kappa shape index (κ2) is 7.37. The van der Waals surface area contributed by atoms with Crippen LogP contribution in [0, 0.1) is 0 Å². The summed E-state index contributed by atoms with van der Waals surface area (Å²) >= 11 is 3.47. The molecule has 0 fully saturated rings. The Labute approximate surface area is 159 Å². The van der Waals surface area contributed by atoms with Crippen molar-refractivity contribution in [3.05, 3.63) is 46.5 Å². The summed E-state index contributed by atoms with van der Waals surface area (Å²) in [6.45, 7) is 6.81. The number of aliphatic carboxylic acids is 1. The minimum atomic E-state index is -0.998. The van der Waals surface area contributed by atoms with E-state index in [1.54, 1.807) is 24.7 Å². The zero-order chi connectivity index (χ0) is 18.8. The van der Waals surface area contributed by atoms with Gasteiger partial charge in [-0.25, -0.2) is 14.5 Å². The molecule has 0 aliphatic heterocycles. The molecule has 3 rings (SSSR count). The fourth-order valence-corrected chi connectivity index (χ4v) is 3.34. The van der Waals surface area contributed by atoms with Crippen molar-refractivity contribution in [3.63, 3.8) is 0 Å². The van der Waals surface area contributed by atoms with Gasteiger partial charge in [0.15, 0.2) is 5.65 Å². The lowest BCUT2D eigenvalue weighted by Crippen LogP contribution is -2.04. The van der Waals surface area contributed by atoms with Crippen molar-refractivity contribution in [3.8, 4) is 11.1 Å². The van der Waals surface area contributed by atoms with Gasteiger partial charge in [0.05, 0.1) is 11.9 Å². The molecule has 0 aliphatic rings. The maximum atomic E-state index is 11.1. The van der Waals surface area contributed by atoms with Crippen molar-refractivity contribution in [2.75, 3.05) is 0 Å². The van der Waals surface area contributed by atoms with Gasteiger partial charge in [0, 0.05) is 51.6 Å². The number of fused-ring (bicyclic) bond motifs is 1. The molecule has 0 atom stereocenters. The Morgan fingerprint density at radius 1 is 1.35 bits per heavy atom. The highest BCUT2D eigenvalue weighted by Crippen LogP contribution is 2.36. The number of pyridine rings is 2. The number of aromatic nitrogens is 4. The number of carboxylic acid groups (broad SMARTS) is 1. The predicted molar refractivity (Wildman–Crippen MR) is 105 cm³/mol. The predicted octanol–water partition coefficient (Wildman–Crippen LogP) is 4.50. The minimum absolute atomic E-state index is 0.118. The molecule has 26 heavy (non-hydrogen) atoms. The molecule has 0 saturated heterocycles. The Balaban J connectivity index is 2.45. The number of carboxylic acids is 1. The van der Waals surface area contributed by atoms with E-state index in [0.717, 1.165) is 44.0 Å². The second-order valence-corrected chi connectivity index (χ2v) is 7.12. The third-order valence-corrected chi connectivity index (χ3v) is 4.52. The van der Waals surface area contributed by atoms with Gasteiger partial charge in [-0.2, -0.15) is 5.10 Å². The Kier molecular flexibility index (Phi) is 5.18. The molecule has 6 nitrogen and oxygen atoms in total. The van der Waals surface area contributed by atoms with E-state index < -0.39 is 5.97 Å². The summed E-state index contributed by atoms with van der Waals surface area (Å²) in [5.74, 6) is -0.880. The summed E-state index contributed by atoms with van der Waals surface area (Å²) in [6, 6.07) is 1.97. The molecular weight excluding hydrogens is 396 g/mol. The van der Waals surface area contributed by atoms with Gasteiger partial charge in [-0.15, -0.1) is 0 Å². The van der Waals surface area contributed by atoms with Gasteiger partial charge >= 0.3 is 5.97 Å². The molecule has 0 bridgehead atoms. The molecule has 1 N–H and O–H groups in total. The number of hydrogen-bond donors (Lipinski definition) is 1. The number of hydrogen-bond acceptors (Lipinski definition) is 4. The highest BCUT2D eigenvalue weighted by Gasteiger charge is 2.20. The molecule has 7 heteroatoms. The maximum absolute atomic E-state index is 11.1. The monoisotopic (exact) mass is 414 g/mol. The molecule has 0 aliphatic carbocycles. The smallest absolute Gasteiger partial charge is 0.328 e. The van der Waals surface area contributed by atoms with Gasteiger partial charge in [-0.3, -0.25) is 4.98 Å². The summed E-state index contributed by atoms with van der Waals surface area (Å²) in [4.78, 5) is 20.2. The number of nitrogens with zero attached hydrogens (tertiary/aromatic N) is 4. The molecule has 0 unspecified atom stereocenters. The molecule has 3 aromatic heterocycles. The van der Waals surface area contributed by atoms with E-state index in [1.165, 1.54) is 0 Å². The van der Waals surface area contributed by atoms with E-state index in [9.17, 15) is 4.79 Å². The molecule has 0 amide bonds. The SMILES string of the molecule is CCn1ncc2c(-c3cncc(Br)c3)c(C=CC(=O)O)c(C(C)C)nc21. The van der Waals surface area contributed by atoms with Gasteiger partial charge in [0.25, 0.3) is 0 Å². The first-order chi connectivity index (χ1) is 12.4. The molecule has 0 radical (unpaired) electrons. The van der Waals surface area contributed by atoms with E-state index in [4.69, 9.17) is 10.1 Å². The normalized spacial score (nSPS) is 11.7. The Morgan fingerprint density at radius 3 is 2.73 bits per heavy atom. The standard InChI is InChI=1S/C19H19BrN4O2/c1-4-24-19-15(10-22-24)17(12-7-13(20)9-21-8-12)14(5-6-16(25)26)18(23-19)11(2)3/h5-11H,4H2,1-3H3,(H,25,26). The third kappa shape index (κ3) is 3.39. The molecule has 3 aromatic rings. The third-order valence-electron chi connectivity index (χ3n) is 4.09. The van der Waals surface area contributed by atoms with Crippen LogP contribution in [-0.2, 0) is 11.3 Å². The average Bonchev–Trinajstić information content (AvgIpc) is 3.01. The van der Waals surface area contributed by atoms with Crippen molar-refractivity contribution in [1.82, 2.24) is 19.7 Å². The fourth-order valence-electron chi connectivity index (χ4n) is 2.98. The van der Waals surface area contributed by atoms with Gasteiger partial charge in [-0.05, 0) is 40.9 Å². The lowest BCUT2D eigenvalue weighted by molar-refractivity contribution is -0.131. The van der Waals surface area contributed by atoms with Crippen molar-refractivity contribution >= 4 is 39.0 Å². The van der Waals surface area contributed by atoms with Crippen LogP contribution in [0.15, 0.2) is 35.2 Å². The number of halogens is 1. The van der Waals surface area contributed by atoms with E-state index >= 15 is 0 Å². The largest absolute Gasteiger partial charge is 0.478 e. The molecule has 134 valence electrons. The average molecular weight is 415 g/mol. The first-order valence-electron chi connectivity index (χ1n) is 8.33. The minimum Gasteiger partial charge on any atom is -0.478 e. The van der Waals surface area contributed by atoms with E-state index in [1.807, 2.05) is 31.5 Å². The van der Waals surface area contributed by atoms with Gasteiger partial charge in [-0.1, -0.05) is 13.8 Å². The summed E-state index contributed by atoms with van der Waals surface area (Å²) in [7, 11) is 0. The van der Waals surface area contributed by atoms with Gasteiger partial charge in [0.2, 0.25) is 0 Å². The zero-order valence-corrected chi connectivity index (χ0v) is 16.4. The number of carbonyl (C=O) groups is 1. The van der Waals surface area contributed by atoms with Crippen molar-refractivity contribution in [2.45, 2.75) is 33.2 Å². The lowest BCUT2D eigenvalue weighted by Gasteiger charge is -2.16. The van der Waals surface area contributed by atoms with Crippen molar-refractivity contribution in [1.29, 1.82) is 0 Å². The van der Waals surface area contributed by atoms with Crippen LogP contribution in [0.25, 0.3) is 28.2 Å². The highest BCUT2D eigenvalue weighted by molar-refractivity contribution is 9.10. The highest BCUT2D eigenvalue weighted by atomic mass is 79.9. The van der Waals surface area contributed by atoms with Crippen LogP contribution in [0.3, 0.4) is 0 Å². The molecule has 0 spiro atoms. The van der Waals surface area contributed by atoms with E-state index in [-0.39, 0.29) is 5.92 Å². The quantitative estimate of drug-likeness (QED) is 0.621. The van der Waals surface area contributed by atoms with Crippen LogP contribution < -0.4 is 0 Å². The number of aryl methyl sites for hydroxylation is 1. The van der Waals surface area contributed by atoms with Crippen LogP contribution in [-0.4, -0.2) is 30.8 Å². The molecule has 3 heterocycles. The van der Waals surface area contributed by atoms with Crippen LogP contribution >= 0.6 is 15.9 Å². The summed E-state index contributed by atoms with van der Waals surface area (Å²) in [5, 5.41) is 14.4. The Morgan fingerprint density at radius 2 is 2.12 bits per heavy atom. The topological polar surface area (TPSA) is 80.9 Å². The maximum Gasteiger partial charge on any atom is 0.328 e. The lowest BCUT2D eigenvalue weighted by atomic mass is 9.93. The van der Waals surface area contributed by atoms with Crippen LogP contribution in [0.5, 0.6) is 0 Å². The molecule has 0 saturated carbocycles. The molecule has 0 aromatic carbocycles. The van der Waals surface area contributed by atoms with Crippen LogP contribution in [0.4, 0.5) is 0 Å². The summed E-state index contributed by atoms with van der Waals surface area (Å²) < 4.78 is 2.70. The van der Waals surface area contributed by atoms with Crippen LogP contribution in [0.1, 0.15) is 37.9 Å². The van der Waals surface area contributed by atoms with Gasteiger partial charge < -0.3 is 5.11 Å². The summed E-state index contributed by atoms with van der Waals surface area (Å²) in [5.41, 5.74) is 4.18. The first-order valence-corrected chi connectivity index (χ1v) is 9.13. The second-order valence-electron chi connectivity index (χ2n) is 6.20. The van der Waals surface area contributed by atoms with Gasteiger partial charge in [0.1, 0.15) is 0 Å². The van der Waals surface area contributed by atoms with Crippen molar-refractivity contribution in [2.24, 2.45) is 0 Å². The molecular formula is C19H19BrN4O2.